The fourth-order valence-corrected chi connectivity index (χ4v) is 3.63. The number of carbonyl (C=O) groups is 1. The molecule has 2 N–H and O–H groups in total. The average molecular weight is 440 g/mol. The first-order valence-corrected chi connectivity index (χ1v) is 10.3. The molecule has 0 saturated carbocycles. The molecule has 2 rings (SSSR count). The zero-order chi connectivity index (χ0) is 19.2. The molecule has 2 aromatic rings. The number of halogens is 1. The number of hydrogen-bond acceptors (Lipinski definition) is 4. The maximum Gasteiger partial charge on any atom is 0.240 e. The summed E-state index contributed by atoms with van der Waals surface area (Å²) in [5, 5.41) is 2.84. The zero-order valence-electron chi connectivity index (χ0n) is 14.7. The van der Waals surface area contributed by atoms with Crippen molar-refractivity contribution in [3.63, 3.8) is 0 Å². The van der Waals surface area contributed by atoms with Crippen molar-refractivity contribution in [2.24, 2.45) is 0 Å². The van der Waals surface area contributed by atoms with Crippen molar-refractivity contribution >= 4 is 37.5 Å². The van der Waals surface area contributed by atoms with Crippen molar-refractivity contribution in [2.45, 2.75) is 17.9 Å². The van der Waals surface area contributed by atoms with Crippen LogP contribution < -0.4 is 10.0 Å². The van der Waals surface area contributed by atoms with Crippen molar-refractivity contribution < 1.29 is 13.2 Å². The number of nitrogens with one attached hydrogen (secondary N) is 2. The van der Waals surface area contributed by atoms with Crippen molar-refractivity contribution in [1.82, 2.24) is 9.62 Å². The molecule has 0 saturated heterocycles. The van der Waals surface area contributed by atoms with Gasteiger partial charge in [0.1, 0.15) is 0 Å². The Morgan fingerprint density at radius 1 is 1.08 bits per heavy atom. The summed E-state index contributed by atoms with van der Waals surface area (Å²) in [7, 11) is 0.281. The van der Waals surface area contributed by atoms with Crippen molar-refractivity contribution in [2.75, 3.05) is 26.0 Å². The van der Waals surface area contributed by atoms with Crippen LogP contribution in [0.15, 0.2) is 57.9 Å². The van der Waals surface area contributed by atoms with Crippen LogP contribution in [-0.2, 0) is 21.4 Å². The standard InChI is InChI=1S/C18H22BrN3O3S/c1-22(2)13-14-5-3-4-6-17(14)21-18(23)11-12-20-26(24,25)16-9-7-15(19)8-10-16/h3-10,20H,11-13H2,1-2H3,(H,21,23). The van der Waals surface area contributed by atoms with Crippen LogP contribution in [0, 0.1) is 0 Å². The van der Waals surface area contributed by atoms with Crippen LogP contribution in [-0.4, -0.2) is 39.9 Å². The Labute approximate surface area is 162 Å². The second-order valence-electron chi connectivity index (χ2n) is 6.04. The number of rotatable bonds is 8. The molecule has 2 aromatic carbocycles. The van der Waals surface area contributed by atoms with Crippen molar-refractivity contribution in [3.8, 4) is 0 Å². The smallest absolute Gasteiger partial charge is 0.240 e. The molecule has 0 fully saturated rings. The molecule has 0 radical (unpaired) electrons. The Bertz CT molecular complexity index is 852. The summed E-state index contributed by atoms with van der Waals surface area (Å²) in [6, 6.07) is 13.9. The molecular formula is C18H22BrN3O3S. The number of carbonyl (C=O) groups excluding carboxylic acids is 1. The van der Waals surface area contributed by atoms with Crippen LogP contribution in [0.4, 0.5) is 5.69 Å². The van der Waals surface area contributed by atoms with Crippen LogP contribution in [0.1, 0.15) is 12.0 Å². The highest BCUT2D eigenvalue weighted by Gasteiger charge is 2.14. The van der Waals surface area contributed by atoms with Gasteiger partial charge < -0.3 is 10.2 Å². The molecule has 26 heavy (non-hydrogen) atoms. The Kier molecular flexibility index (Phi) is 7.33. The number of anilines is 1. The van der Waals surface area contributed by atoms with Gasteiger partial charge in [0.25, 0.3) is 0 Å². The summed E-state index contributed by atoms with van der Waals surface area (Å²) >= 11 is 3.26. The molecule has 0 bridgehead atoms. The maximum atomic E-state index is 12.2. The minimum atomic E-state index is -3.63. The van der Waals surface area contributed by atoms with E-state index in [1.165, 1.54) is 12.1 Å². The molecule has 8 heteroatoms. The van der Waals surface area contributed by atoms with E-state index >= 15 is 0 Å². The van der Waals surface area contributed by atoms with E-state index in [1.54, 1.807) is 12.1 Å². The lowest BCUT2D eigenvalue weighted by molar-refractivity contribution is -0.116. The number of amides is 1. The minimum Gasteiger partial charge on any atom is -0.326 e. The molecule has 140 valence electrons. The van der Waals surface area contributed by atoms with E-state index in [-0.39, 0.29) is 23.8 Å². The van der Waals surface area contributed by atoms with Crippen LogP contribution in [0.3, 0.4) is 0 Å². The van der Waals surface area contributed by atoms with Gasteiger partial charge in [-0.3, -0.25) is 4.79 Å². The molecule has 1 amide bonds. The third-order valence-electron chi connectivity index (χ3n) is 3.55. The summed E-state index contributed by atoms with van der Waals surface area (Å²) < 4.78 is 27.6. The molecule has 0 aliphatic heterocycles. The number of benzene rings is 2. The number of nitrogens with zero attached hydrogens (tertiary/aromatic N) is 1. The fourth-order valence-electron chi connectivity index (χ4n) is 2.33. The maximum absolute atomic E-state index is 12.2. The van der Waals surface area contributed by atoms with Crippen LogP contribution in [0.5, 0.6) is 0 Å². The Morgan fingerprint density at radius 3 is 2.38 bits per heavy atom. The molecule has 0 spiro atoms. The van der Waals surface area contributed by atoms with E-state index < -0.39 is 10.0 Å². The summed E-state index contributed by atoms with van der Waals surface area (Å²) in [4.78, 5) is 14.3. The molecule has 0 atom stereocenters. The normalized spacial score (nSPS) is 11.5. The fraction of sp³-hybridized carbons (Fsp3) is 0.278. The van der Waals surface area contributed by atoms with Crippen LogP contribution >= 0.6 is 15.9 Å². The molecule has 0 aromatic heterocycles. The molecular weight excluding hydrogens is 418 g/mol. The molecule has 0 aliphatic carbocycles. The minimum absolute atomic E-state index is 0.0279. The lowest BCUT2D eigenvalue weighted by atomic mass is 10.1. The summed E-state index contributed by atoms with van der Waals surface area (Å²) in [6.45, 7) is 0.729. The first kappa shape index (κ1) is 20.6. The average Bonchev–Trinajstić information content (AvgIpc) is 2.56. The van der Waals surface area contributed by atoms with E-state index in [1.807, 2.05) is 43.3 Å². The second kappa shape index (κ2) is 9.27. The lowest BCUT2D eigenvalue weighted by Gasteiger charge is -2.15. The predicted octanol–water partition coefficient (Wildman–Crippen LogP) is 2.82. The topological polar surface area (TPSA) is 78.5 Å². The van der Waals surface area contributed by atoms with Gasteiger partial charge in [-0.05, 0) is 50.0 Å². The SMILES string of the molecule is CN(C)Cc1ccccc1NC(=O)CCNS(=O)(=O)c1ccc(Br)cc1. The Morgan fingerprint density at radius 2 is 1.73 bits per heavy atom. The second-order valence-corrected chi connectivity index (χ2v) is 8.73. The van der Waals surface area contributed by atoms with Gasteiger partial charge in [0.05, 0.1) is 4.90 Å². The van der Waals surface area contributed by atoms with E-state index in [0.717, 1.165) is 15.7 Å². The largest absolute Gasteiger partial charge is 0.326 e. The summed E-state index contributed by atoms with van der Waals surface area (Å²) in [5.41, 5.74) is 1.74. The van der Waals surface area contributed by atoms with Gasteiger partial charge >= 0.3 is 0 Å². The first-order valence-electron chi connectivity index (χ1n) is 8.05. The van der Waals surface area contributed by atoms with Gasteiger partial charge in [-0.1, -0.05) is 34.1 Å². The third-order valence-corrected chi connectivity index (χ3v) is 5.55. The van der Waals surface area contributed by atoms with Crippen LogP contribution in [0.2, 0.25) is 0 Å². The Balaban J connectivity index is 1.90. The van der Waals surface area contributed by atoms with E-state index in [9.17, 15) is 13.2 Å². The highest BCUT2D eigenvalue weighted by molar-refractivity contribution is 9.10. The van der Waals surface area contributed by atoms with Crippen molar-refractivity contribution in [1.29, 1.82) is 0 Å². The lowest BCUT2D eigenvalue weighted by Crippen LogP contribution is -2.28. The van der Waals surface area contributed by atoms with Gasteiger partial charge in [-0.2, -0.15) is 0 Å². The number of sulfonamides is 1. The predicted molar refractivity (Wildman–Crippen MR) is 106 cm³/mol. The highest BCUT2D eigenvalue weighted by atomic mass is 79.9. The van der Waals surface area contributed by atoms with Crippen molar-refractivity contribution in [3.05, 3.63) is 58.6 Å². The van der Waals surface area contributed by atoms with E-state index in [2.05, 4.69) is 26.0 Å². The van der Waals surface area contributed by atoms with Gasteiger partial charge in [0, 0.05) is 29.7 Å². The van der Waals surface area contributed by atoms with E-state index in [4.69, 9.17) is 0 Å². The monoisotopic (exact) mass is 439 g/mol. The van der Waals surface area contributed by atoms with Gasteiger partial charge in [0.2, 0.25) is 15.9 Å². The van der Waals surface area contributed by atoms with Crippen LogP contribution in [0.25, 0.3) is 0 Å². The number of hydrogen-bond donors (Lipinski definition) is 2. The molecule has 6 nitrogen and oxygen atoms in total. The van der Waals surface area contributed by atoms with Gasteiger partial charge in [0.15, 0.2) is 0 Å². The highest BCUT2D eigenvalue weighted by Crippen LogP contribution is 2.17. The molecule has 0 aliphatic rings. The zero-order valence-corrected chi connectivity index (χ0v) is 17.1. The third kappa shape index (κ3) is 6.21. The quantitative estimate of drug-likeness (QED) is 0.662. The number of para-hydroxylation sites is 1. The van der Waals surface area contributed by atoms with E-state index in [0.29, 0.717) is 6.54 Å². The summed E-state index contributed by atoms with van der Waals surface area (Å²) in [5.74, 6) is -0.241. The summed E-state index contributed by atoms with van der Waals surface area (Å²) in [6.07, 6.45) is 0.0477. The Hall–Kier alpha value is -1.74. The van der Waals surface area contributed by atoms with Gasteiger partial charge in [-0.25, -0.2) is 13.1 Å². The first-order chi connectivity index (χ1) is 12.3. The molecule has 0 heterocycles. The van der Waals surface area contributed by atoms with Gasteiger partial charge in [-0.15, -0.1) is 0 Å². The molecule has 0 unspecified atom stereocenters.